The zero-order chi connectivity index (χ0) is 27.9. The maximum absolute atomic E-state index is 13.0. The van der Waals surface area contributed by atoms with Crippen LogP contribution in [0, 0.1) is 40.4 Å². The Bertz CT molecular complexity index is 879. The molecule has 4 saturated carbocycles. The van der Waals surface area contributed by atoms with Gasteiger partial charge in [-0.1, -0.05) is 33.1 Å². The summed E-state index contributed by atoms with van der Waals surface area (Å²) in [4.78, 5) is 12.4. The second kappa shape index (κ2) is 11.4. The number of aliphatic hydroxyl groups is 1. The second-order valence-electron chi connectivity index (χ2n) is 13.4. The van der Waals surface area contributed by atoms with Crippen LogP contribution >= 0.6 is 0 Å². The number of ketones is 1. The van der Waals surface area contributed by atoms with Crippen molar-refractivity contribution in [1.29, 1.82) is 0 Å². The van der Waals surface area contributed by atoms with Crippen LogP contribution in [0.1, 0.15) is 104 Å². The van der Waals surface area contributed by atoms with Crippen molar-refractivity contribution < 1.29 is 36.1 Å². The fourth-order valence-corrected chi connectivity index (χ4v) is 10.2. The van der Waals surface area contributed by atoms with E-state index in [1.165, 1.54) is 0 Å². The van der Waals surface area contributed by atoms with Gasteiger partial charge in [0.2, 0.25) is 0 Å². The predicted molar refractivity (Wildman–Crippen MR) is 138 cm³/mol. The Morgan fingerprint density at radius 3 is 2.32 bits per heavy atom. The van der Waals surface area contributed by atoms with Crippen LogP contribution in [0.4, 0.5) is 22.0 Å². The molecule has 1 N–H and O–H groups in total. The highest BCUT2D eigenvalue weighted by atomic mass is 32.2. The van der Waals surface area contributed by atoms with E-state index in [9.17, 15) is 36.1 Å². The number of carbonyl (C=O) groups is 1. The molecule has 9 heteroatoms. The molecule has 220 valence electrons. The van der Waals surface area contributed by atoms with Gasteiger partial charge in [-0.25, -0.2) is 0 Å². The van der Waals surface area contributed by atoms with E-state index in [1.54, 1.807) is 0 Å². The zero-order valence-corrected chi connectivity index (χ0v) is 23.7. The lowest BCUT2D eigenvalue weighted by Gasteiger charge is -2.62. The Labute approximate surface area is 226 Å². The maximum atomic E-state index is 13.0. The average molecular weight is 569 g/mol. The molecular formula is C29H45F5O3S. The van der Waals surface area contributed by atoms with Crippen LogP contribution in [0.25, 0.3) is 0 Å². The van der Waals surface area contributed by atoms with E-state index in [0.717, 1.165) is 57.8 Å². The van der Waals surface area contributed by atoms with Gasteiger partial charge < -0.3 is 5.11 Å². The number of carbonyl (C=O) groups excluding carboxylic acids is 1. The van der Waals surface area contributed by atoms with Crippen LogP contribution in [0.2, 0.25) is 0 Å². The molecule has 0 bridgehead atoms. The summed E-state index contributed by atoms with van der Waals surface area (Å²) in [5.74, 6) is -1.54. The van der Waals surface area contributed by atoms with Crippen molar-refractivity contribution in [1.82, 2.24) is 0 Å². The first-order chi connectivity index (χ1) is 17.7. The molecule has 0 radical (unpaired) electrons. The number of hydrogen-bond acceptors (Lipinski definition) is 3. The molecule has 0 aliphatic heterocycles. The molecule has 0 saturated heterocycles. The van der Waals surface area contributed by atoms with Crippen molar-refractivity contribution in [2.75, 3.05) is 11.5 Å². The minimum Gasteiger partial charge on any atom is -0.393 e. The van der Waals surface area contributed by atoms with Gasteiger partial charge in [-0.05, 0) is 91.8 Å². The largest absolute Gasteiger partial charge is 0.453 e. The van der Waals surface area contributed by atoms with Crippen molar-refractivity contribution in [3.05, 3.63) is 0 Å². The summed E-state index contributed by atoms with van der Waals surface area (Å²) in [5.41, 5.74) is 0.177. The first-order valence-electron chi connectivity index (χ1n) is 14.7. The van der Waals surface area contributed by atoms with E-state index >= 15 is 0 Å². The van der Waals surface area contributed by atoms with Crippen molar-refractivity contribution in [3.8, 4) is 0 Å². The van der Waals surface area contributed by atoms with Gasteiger partial charge >= 0.3 is 12.1 Å². The maximum Gasteiger partial charge on any atom is 0.453 e. The highest BCUT2D eigenvalue weighted by Gasteiger charge is 2.62. The monoisotopic (exact) mass is 568 g/mol. The normalized spacial score (nSPS) is 40.4. The van der Waals surface area contributed by atoms with Gasteiger partial charge in [-0.15, -0.1) is 0 Å². The Balaban J connectivity index is 1.30. The van der Waals surface area contributed by atoms with Gasteiger partial charge in [0, 0.05) is 41.6 Å². The lowest BCUT2D eigenvalue weighted by molar-refractivity contribution is -0.284. The molecule has 0 amide bonds. The number of unbranched alkanes of at least 4 members (excludes halogenated alkanes) is 2. The smallest absolute Gasteiger partial charge is 0.393 e. The number of rotatable bonds is 10. The molecule has 4 unspecified atom stereocenters. The minimum atomic E-state index is -5.55. The Morgan fingerprint density at radius 2 is 1.61 bits per heavy atom. The minimum absolute atomic E-state index is 0.0209. The molecule has 0 heterocycles. The highest BCUT2D eigenvalue weighted by molar-refractivity contribution is 7.84. The molecule has 4 aliphatic rings. The number of hydrogen-bond donors (Lipinski definition) is 1. The van der Waals surface area contributed by atoms with E-state index < -0.39 is 35.7 Å². The molecule has 0 spiro atoms. The van der Waals surface area contributed by atoms with Crippen molar-refractivity contribution in [2.45, 2.75) is 122 Å². The van der Waals surface area contributed by atoms with Crippen LogP contribution in [0.5, 0.6) is 0 Å². The summed E-state index contributed by atoms with van der Waals surface area (Å²) >= 11 is 0. The molecule has 3 nitrogen and oxygen atoms in total. The van der Waals surface area contributed by atoms with Crippen molar-refractivity contribution >= 4 is 16.6 Å². The molecule has 4 fully saturated rings. The van der Waals surface area contributed by atoms with Crippen LogP contribution in [-0.2, 0) is 15.6 Å². The lowest BCUT2D eigenvalue weighted by Crippen LogP contribution is -2.57. The number of Topliss-reactive ketones (excluding diaryl/α,β-unsaturated/α-hetero) is 1. The summed E-state index contributed by atoms with van der Waals surface area (Å²) in [6.07, 6.45) is 3.55. The topological polar surface area (TPSA) is 54.4 Å². The molecule has 9 atom stereocenters. The van der Waals surface area contributed by atoms with E-state index in [-0.39, 0.29) is 22.7 Å². The zero-order valence-electron chi connectivity index (χ0n) is 22.8. The third-order valence-corrected chi connectivity index (χ3v) is 12.8. The molecule has 4 rings (SSSR count). The molecule has 0 aromatic carbocycles. The Kier molecular flexibility index (Phi) is 9.09. The highest BCUT2D eigenvalue weighted by Crippen LogP contribution is 2.67. The van der Waals surface area contributed by atoms with Gasteiger partial charge in [0.05, 0.1) is 6.10 Å². The summed E-state index contributed by atoms with van der Waals surface area (Å²) in [7, 11) is -1.39. The first-order valence-corrected chi connectivity index (χ1v) is 16.2. The van der Waals surface area contributed by atoms with E-state index in [2.05, 4.69) is 13.8 Å². The third kappa shape index (κ3) is 5.89. The van der Waals surface area contributed by atoms with Crippen LogP contribution in [0.15, 0.2) is 0 Å². The SMILES string of the molecule is C[C@]12CCC(=O)CC1CC(CCCCCS(=O)CCCC(F)(F)C(F)(F)F)[C@@H]1[C@H]2CC[C@]2(C)C(O)CC[C@@H]12. The summed E-state index contributed by atoms with van der Waals surface area (Å²) in [6, 6.07) is 0. The quantitative estimate of drug-likeness (QED) is 0.220. The predicted octanol–water partition coefficient (Wildman–Crippen LogP) is 7.47. The fraction of sp³-hybridized carbons (Fsp3) is 0.966. The van der Waals surface area contributed by atoms with Gasteiger partial charge in [-0.3, -0.25) is 9.00 Å². The standard InChI is InChI=1S/C29H45F5O3S/c1-26-13-10-21(35)18-20(26)17-19(25-22-8-9-24(36)27(22,2)14-11-23(25)26)7-4-3-5-15-38(37)16-6-12-28(30,31)29(32,33)34/h19-20,22-25,36H,3-18H2,1-2H3/t19?,20?,22-,23+,24?,25-,26-,27-,38?/m0/s1. The van der Waals surface area contributed by atoms with Crippen LogP contribution < -0.4 is 0 Å². The van der Waals surface area contributed by atoms with Crippen LogP contribution in [0.3, 0.4) is 0 Å². The van der Waals surface area contributed by atoms with Gasteiger partial charge in [-0.2, -0.15) is 22.0 Å². The van der Waals surface area contributed by atoms with Crippen LogP contribution in [-0.4, -0.2) is 44.8 Å². The lowest BCUT2D eigenvalue weighted by atomic mass is 9.42. The van der Waals surface area contributed by atoms with Crippen molar-refractivity contribution in [3.63, 3.8) is 0 Å². The summed E-state index contributed by atoms with van der Waals surface area (Å²) < 4.78 is 75.1. The van der Waals surface area contributed by atoms with E-state index in [0.29, 0.717) is 60.4 Å². The number of aliphatic hydroxyl groups excluding tert-OH is 1. The number of alkyl halides is 5. The Morgan fingerprint density at radius 1 is 0.921 bits per heavy atom. The molecule has 0 aromatic heterocycles. The number of halogens is 5. The molecule has 4 aliphatic carbocycles. The van der Waals surface area contributed by atoms with Gasteiger partial charge in [0.1, 0.15) is 5.78 Å². The van der Waals surface area contributed by atoms with Crippen molar-refractivity contribution in [2.24, 2.45) is 40.4 Å². The molecular weight excluding hydrogens is 523 g/mol. The van der Waals surface area contributed by atoms with E-state index in [1.807, 2.05) is 0 Å². The first kappa shape index (κ1) is 30.4. The van der Waals surface area contributed by atoms with E-state index in [4.69, 9.17) is 0 Å². The second-order valence-corrected chi connectivity index (χ2v) is 15.1. The molecule has 38 heavy (non-hydrogen) atoms. The summed E-state index contributed by atoms with van der Waals surface area (Å²) in [6.45, 7) is 4.70. The van der Waals surface area contributed by atoms with Gasteiger partial charge in [0.15, 0.2) is 0 Å². The number of fused-ring (bicyclic) bond motifs is 5. The third-order valence-electron chi connectivity index (χ3n) is 11.3. The van der Waals surface area contributed by atoms with Gasteiger partial charge in [0.25, 0.3) is 0 Å². The summed E-state index contributed by atoms with van der Waals surface area (Å²) in [5, 5.41) is 10.9. The average Bonchev–Trinajstić information content (AvgIpc) is 3.13. The fourth-order valence-electron chi connectivity index (χ4n) is 9.04. The molecule has 0 aromatic rings. The Hall–Kier alpha value is -0.570.